The molecule has 0 aromatic heterocycles. The zero-order chi connectivity index (χ0) is 19.9. The highest BCUT2D eigenvalue weighted by Crippen LogP contribution is 2.14. The number of morpholine rings is 1. The lowest BCUT2D eigenvalue weighted by molar-refractivity contribution is -0.384. The van der Waals surface area contributed by atoms with Crippen LogP contribution in [-0.4, -0.2) is 47.9 Å². The fourth-order valence-corrected chi connectivity index (χ4v) is 2.71. The van der Waals surface area contributed by atoms with E-state index in [1.165, 1.54) is 18.2 Å². The van der Waals surface area contributed by atoms with Crippen LogP contribution in [0.2, 0.25) is 0 Å². The van der Waals surface area contributed by atoms with Crippen LogP contribution in [-0.2, 0) is 9.53 Å². The van der Waals surface area contributed by atoms with Gasteiger partial charge in [-0.1, -0.05) is 0 Å². The summed E-state index contributed by atoms with van der Waals surface area (Å²) in [6.45, 7) is 2.23. The zero-order valence-electron chi connectivity index (χ0n) is 15.0. The minimum absolute atomic E-state index is 0.00619. The Morgan fingerprint density at radius 3 is 2.29 bits per heavy atom. The van der Waals surface area contributed by atoms with Gasteiger partial charge in [0.2, 0.25) is 5.91 Å². The number of carbonyl (C=O) groups excluding carboxylic acids is 2. The first-order valence-corrected chi connectivity index (χ1v) is 8.73. The van der Waals surface area contributed by atoms with Crippen molar-refractivity contribution in [3.63, 3.8) is 0 Å². The fraction of sp³-hybridized carbons (Fsp3) is 0.200. The highest BCUT2D eigenvalue weighted by molar-refractivity contribution is 6.02. The lowest BCUT2D eigenvalue weighted by Crippen LogP contribution is -2.40. The quantitative estimate of drug-likeness (QED) is 0.487. The van der Waals surface area contributed by atoms with Crippen LogP contribution in [0.15, 0.2) is 54.6 Å². The van der Waals surface area contributed by atoms with Crippen LogP contribution in [0.1, 0.15) is 15.9 Å². The maximum Gasteiger partial charge on any atom is 0.269 e. The van der Waals surface area contributed by atoms with E-state index in [-0.39, 0.29) is 17.5 Å². The third kappa shape index (κ3) is 5.01. The second kappa shape index (κ2) is 8.92. The molecule has 0 saturated carbocycles. The number of rotatable bonds is 5. The number of carbonyl (C=O) groups is 2. The summed E-state index contributed by atoms with van der Waals surface area (Å²) in [6.07, 6.45) is 2.91. The smallest absolute Gasteiger partial charge is 0.269 e. The third-order valence-electron chi connectivity index (χ3n) is 4.23. The van der Waals surface area contributed by atoms with E-state index in [0.29, 0.717) is 43.1 Å². The molecule has 2 aromatic carbocycles. The van der Waals surface area contributed by atoms with Crippen LogP contribution in [0.3, 0.4) is 0 Å². The Kier molecular flexibility index (Phi) is 6.13. The molecule has 1 saturated heterocycles. The predicted molar refractivity (Wildman–Crippen MR) is 104 cm³/mol. The monoisotopic (exact) mass is 381 g/mol. The number of nitrogens with one attached hydrogen (secondary N) is 1. The first-order chi connectivity index (χ1) is 13.5. The van der Waals surface area contributed by atoms with Gasteiger partial charge >= 0.3 is 0 Å². The molecule has 2 amide bonds. The molecule has 0 unspecified atom stereocenters. The Hall–Kier alpha value is -3.52. The number of non-ortho nitro benzene ring substituents is 1. The number of ether oxygens (including phenoxy) is 1. The molecule has 1 aliphatic rings. The van der Waals surface area contributed by atoms with Crippen molar-refractivity contribution in [2.24, 2.45) is 0 Å². The number of nitro benzene ring substituents is 1. The van der Waals surface area contributed by atoms with Crippen molar-refractivity contribution in [2.45, 2.75) is 0 Å². The van der Waals surface area contributed by atoms with Gasteiger partial charge in [-0.05, 0) is 48.0 Å². The van der Waals surface area contributed by atoms with Crippen LogP contribution in [0.5, 0.6) is 0 Å². The van der Waals surface area contributed by atoms with Crippen molar-refractivity contribution in [3.05, 3.63) is 75.8 Å². The topological polar surface area (TPSA) is 102 Å². The number of benzene rings is 2. The lowest BCUT2D eigenvalue weighted by atomic mass is 10.1. The summed E-state index contributed by atoms with van der Waals surface area (Å²) in [5.41, 5.74) is 1.79. The summed E-state index contributed by atoms with van der Waals surface area (Å²) in [6, 6.07) is 12.6. The van der Waals surface area contributed by atoms with Gasteiger partial charge < -0.3 is 15.0 Å². The molecule has 28 heavy (non-hydrogen) atoms. The number of amides is 2. The molecule has 0 spiro atoms. The summed E-state index contributed by atoms with van der Waals surface area (Å²) in [7, 11) is 0. The maximum absolute atomic E-state index is 12.4. The van der Waals surface area contributed by atoms with E-state index in [0.717, 1.165) is 0 Å². The van der Waals surface area contributed by atoms with E-state index in [2.05, 4.69) is 5.32 Å². The van der Waals surface area contributed by atoms with Crippen molar-refractivity contribution < 1.29 is 19.2 Å². The van der Waals surface area contributed by atoms with E-state index < -0.39 is 4.92 Å². The van der Waals surface area contributed by atoms with Gasteiger partial charge in [-0.2, -0.15) is 0 Å². The Labute approximate surface area is 161 Å². The van der Waals surface area contributed by atoms with Crippen molar-refractivity contribution >= 4 is 29.3 Å². The van der Waals surface area contributed by atoms with Gasteiger partial charge in [0.05, 0.1) is 18.1 Å². The van der Waals surface area contributed by atoms with Gasteiger partial charge in [-0.15, -0.1) is 0 Å². The summed E-state index contributed by atoms with van der Waals surface area (Å²) < 4.78 is 5.24. The molecule has 0 radical (unpaired) electrons. The number of nitro groups is 1. The maximum atomic E-state index is 12.4. The Balaban J connectivity index is 1.56. The molecule has 8 heteroatoms. The van der Waals surface area contributed by atoms with E-state index in [4.69, 9.17) is 4.74 Å². The first-order valence-electron chi connectivity index (χ1n) is 8.73. The highest BCUT2D eigenvalue weighted by atomic mass is 16.6. The van der Waals surface area contributed by atoms with E-state index >= 15 is 0 Å². The van der Waals surface area contributed by atoms with E-state index in [9.17, 15) is 19.7 Å². The average molecular weight is 381 g/mol. The minimum atomic E-state index is -0.479. The molecular formula is C20H19N3O5. The zero-order valence-corrected chi connectivity index (χ0v) is 15.0. The van der Waals surface area contributed by atoms with E-state index in [1.807, 2.05) is 0 Å². The number of nitrogens with zero attached hydrogens (tertiary/aromatic N) is 2. The summed E-state index contributed by atoms with van der Waals surface area (Å²) in [5.74, 6) is -0.398. The molecule has 144 valence electrons. The van der Waals surface area contributed by atoms with Crippen LogP contribution in [0.25, 0.3) is 6.08 Å². The number of anilines is 1. The molecule has 3 rings (SSSR count). The van der Waals surface area contributed by atoms with Gasteiger partial charge in [-0.3, -0.25) is 19.7 Å². The van der Waals surface area contributed by atoms with Gasteiger partial charge in [0.1, 0.15) is 0 Å². The summed E-state index contributed by atoms with van der Waals surface area (Å²) >= 11 is 0. The number of hydrogen-bond donors (Lipinski definition) is 1. The number of hydrogen-bond acceptors (Lipinski definition) is 5. The molecule has 0 atom stereocenters. The van der Waals surface area contributed by atoms with Crippen molar-refractivity contribution in [1.29, 1.82) is 0 Å². The minimum Gasteiger partial charge on any atom is -0.378 e. The third-order valence-corrected chi connectivity index (χ3v) is 4.23. The SMILES string of the molecule is O=C(C=Cc1ccc([N+](=O)[O-])cc1)Nc1ccc(C(=O)N2CCOCC2)cc1. The molecule has 1 aliphatic heterocycles. The van der Waals surface area contributed by atoms with Crippen molar-refractivity contribution in [3.8, 4) is 0 Å². The summed E-state index contributed by atoms with van der Waals surface area (Å²) in [5, 5.41) is 13.3. The largest absolute Gasteiger partial charge is 0.378 e. The van der Waals surface area contributed by atoms with Crippen LogP contribution >= 0.6 is 0 Å². The Morgan fingerprint density at radius 1 is 1.04 bits per heavy atom. The average Bonchev–Trinajstić information content (AvgIpc) is 2.73. The Morgan fingerprint density at radius 2 is 1.68 bits per heavy atom. The molecule has 1 fully saturated rings. The van der Waals surface area contributed by atoms with Gasteiger partial charge in [0.25, 0.3) is 11.6 Å². The summed E-state index contributed by atoms with van der Waals surface area (Å²) in [4.78, 5) is 36.3. The van der Waals surface area contributed by atoms with Crippen LogP contribution in [0, 0.1) is 10.1 Å². The lowest BCUT2D eigenvalue weighted by Gasteiger charge is -2.26. The van der Waals surface area contributed by atoms with E-state index in [1.54, 1.807) is 47.4 Å². The second-order valence-corrected chi connectivity index (χ2v) is 6.15. The standard InChI is InChI=1S/C20H19N3O5/c24-19(10-3-15-1-8-18(9-2-15)23(26)27)21-17-6-4-16(5-7-17)20(25)22-11-13-28-14-12-22/h1-10H,11-14H2,(H,21,24). The molecule has 2 aromatic rings. The molecule has 0 aliphatic carbocycles. The molecule has 1 N–H and O–H groups in total. The fourth-order valence-electron chi connectivity index (χ4n) is 2.71. The van der Waals surface area contributed by atoms with Crippen LogP contribution in [0.4, 0.5) is 11.4 Å². The van der Waals surface area contributed by atoms with Crippen molar-refractivity contribution in [2.75, 3.05) is 31.6 Å². The van der Waals surface area contributed by atoms with Crippen LogP contribution < -0.4 is 5.32 Å². The first kappa shape index (κ1) is 19.2. The molecule has 0 bridgehead atoms. The predicted octanol–water partition coefficient (Wildman–Crippen LogP) is 2.72. The van der Waals surface area contributed by atoms with Gasteiger partial charge in [0, 0.05) is 42.5 Å². The molecular weight excluding hydrogens is 362 g/mol. The van der Waals surface area contributed by atoms with Gasteiger partial charge in [0.15, 0.2) is 0 Å². The molecule has 8 nitrogen and oxygen atoms in total. The highest BCUT2D eigenvalue weighted by Gasteiger charge is 2.18. The van der Waals surface area contributed by atoms with Crippen molar-refractivity contribution in [1.82, 2.24) is 4.90 Å². The van der Waals surface area contributed by atoms with Gasteiger partial charge in [-0.25, -0.2) is 0 Å². The molecule has 1 heterocycles. The Bertz CT molecular complexity index is 885. The normalized spacial score (nSPS) is 14.1. The second-order valence-electron chi connectivity index (χ2n) is 6.15.